The Hall–Kier alpha value is -1.69. The lowest BCUT2D eigenvalue weighted by Crippen LogP contribution is -2.20. The van der Waals surface area contributed by atoms with E-state index in [2.05, 4.69) is 10.2 Å². The standard InChI is InChI=1S/C9H13N5O/c1-3-6(10)7-11-12-8-9(15)13(2)4-5-14(7)8/h4-6H,3,10H2,1-2H3/t6-/m0/s1. The lowest BCUT2D eigenvalue weighted by atomic mass is 10.2. The van der Waals surface area contributed by atoms with Crippen molar-refractivity contribution in [2.24, 2.45) is 12.8 Å². The Labute approximate surface area is 86.3 Å². The number of nitrogens with zero attached hydrogens (tertiary/aromatic N) is 4. The Bertz CT molecular complexity index is 541. The van der Waals surface area contributed by atoms with Crippen LogP contribution in [-0.4, -0.2) is 19.2 Å². The van der Waals surface area contributed by atoms with Gasteiger partial charge in [0.1, 0.15) is 0 Å². The second-order valence-electron chi connectivity index (χ2n) is 3.48. The molecule has 0 saturated heterocycles. The number of aromatic nitrogens is 4. The predicted octanol–water partition coefficient (Wildman–Crippen LogP) is -0.162. The minimum Gasteiger partial charge on any atom is -0.321 e. The third kappa shape index (κ3) is 1.42. The van der Waals surface area contributed by atoms with Gasteiger partial charge in [0.25, 0.3) is 5.56 Å². The fourth-order valence-corrected chi connectivity index (χ4v) is 1.42. The molecule has 0 spiro atoms. The highest BCUT2D eigenvalue weighted by molar-refractivity contribution is 5.35. The monoisotopic (exact) mass is 207 g/mol. The average Bonchev–Trinajstić information content (AvgIpc) is 2.66. The summed E-state index contributed by atoms with van der Waals surface area (Å²) in [7, 11) is 1.68. The molecule has 0 fully saturated rings. The van der Waals surface area contributed by atoms with Crippen LogP contribution in [0.15, 0.2) is 17.2 Å². The molecule has 2 aromatic rings. The Morgan fingerprint density at radius 1 is 1.47 bits per heavy atom. The summed E-state index contributed by atoms with van der Waals surface area (Å²) in [6.45, 7) is 1.97. The van der Waals surface area contributed by atoms with Crippen molar-refractivity contribution < 1.29 is 0 Å². The zero-order valence-electron chi connectivity index (χ0n) is 8.71. The molecule has 80 valence electrons. The predicted molar refractivity (Wildman–Crippen MR) is 55.4 cm³/mol. The maximum atomic E-state index is 11.7. The van der Waals surface area contributed by atoms with Crippen LogP contribution in [0.2, 0.25) is 0 Å². The topological polar surface area (TPSA) is 78.2 Å². The first-order chi connectivity index (χ1) is 7.15. The fourth-order valence-electron chi connectivity index (χ4n) is 1.42. The molecular formula is C9H13N5O. The van der Waals surface area contributed by atoms with Gasteiger partial charge >= 0.3 is 0 Å². The van der Waals surface area contributed by atoms with E-state index in [1.807, 2.05) is 6.92 Å². The largest absolute Gasteiger partial charge is 0.321 e. The summed E-state index contributed by atoms with van der Waals surface area (Å²) in [5.41, 5.74) is 6.01. The number of hydrogen-bond donors (Lipinski definition) is 1. The minimum absolute atomic E-state index is 0.167. The zero-order valence-corrected chi connectivity index (χ0v) is 8.71. The van der Waals surface area contributed by atoms with Crippen molar-refractivity contribution in [1.29, 1.82) is 0 Å². The molecule has 0 aliphatic carbocycles. The molecule has 2 N–H and O–H groups in total. The summed E-state index contributed by atoms with van der Waals surface area (Å²) < 4.78 is 3.11. The van der Waals surface area contributed by atoms with Gasteiger partial charge in [0.05, 0.1) is 6.04 Å². The highest BCUT2D eigenvalue weighted by Crippen LogP contribution is 2.10. The van der Waals surface area contributed by atoms with Crippen molar-refractivity contribution in [3.8, 4) is 0 Å². The van der Waals surface area contributed by atoms with Crippen LogP contribution in [0, 0.1) is 0 Å². The van der Waals surface area contributed by atoms with Crippen LogP contribution in [0.1, 0.15) is 25.2 Å². The summed E-state index contributed by atoms with van der Waals surface area (Å²) in [5.74, 6) is 0.630. The molecule has 2 heterocycles. The van der Waals surface area contributed by atoms with Crippen molar-refractivity contribution in [1.82, 2.24) is 19.2 Å². The number of rotatable bonds is 2. The normalized spacial score (nSPS) is 13.3. The van der Waals surface area contributed by atoms with Crippen LogP contribution in [0.3, 0.4) is 0 Å². The van der Waals surface area contributed by atoms with Gasteiger partial charge < -0.3 is 10.3 Å². The van der Waals surface area contributed by atoms with Gasteiger partial charge in [-0.25, -0.2) is 0 Å². The first-order valence-corrected chi connectivity index (χ1v) is 4.81. The molecule has 0 aromatic carbocycles. The third-order valence-electron chi connectivity index (χ3n) is 2.44. The molecule has 15 heavy (non-hydrogen) atoms. The van der Waals surface area contributed by atoms with Gasteiger partial charge in [-0.2, -0.15) is 0 Å². The van der Waals surface area contributed by atoms with E-state index in [9.17, 15) is 4.79 Å². The molecule has 6 nitrogen and oxygen atoms in total. The smallest absolute Gasteiger partial charge is 0.295 e. The van der Waals surface area contributed by atoms with Gasteiger partial charge in [0.15, 0.2) is 5.82 Å². The summed E-state index contributed by atoms with van der Waals surface area (Å²) in [5, 5.41) is 7.79. The lowest BCUT2D eigenvalue weighted by Gasteiger charge is -2.06. The summed E-state index contributed by atoms with van der Waals surface area (Å²) >= 11 is 0. The van der Waals surface area contributed by atoms with Crippen LogP contribution in [0.25, 0.3) is 5.65 Å². The average molecular weight is 207 g/mol. The maximum Gasteiger partial charge on any atom is 0.295 e. The molecule has 0 amide bonds. The molecule has 0 aliphatic heterocycles. The van der Waals surface area contributed by atoms with Crippen molar-refractivity contribution in [2.75, 3.05) is 0 Å². The number of nitrogens with two attached hydrogens (primary N) is 1. The zero-order chi connectivity index (χ0) is 11.0. The molecule has 2 aromatic heterocycles. The van der Waals surface area contributed by atoms with Gasteiger partial charge in [0.2, 0.25) is 5.65 Å². The van der Waals surface area contributed by atoms with Gasteiger partial charge in [-0.05, 0) is 6.42 Å². The number of aryl methyl sites for hydroxylation is 1. The molecule has 6 heteroatoms. The second kappa shape index (κ2) is 3.47. The highest BCUT2D eigenvalue weighted by atomic mass is 16.1. The Morgan fingerprint density at radius 3 is 2.87 bits per heavy atom. The Balaban J connectivity index is 2.72. The van der Waals surface area contributed by atoms with E-state index < -0.39 is 0 Å². The van der Waals surface area contributed by atoms with E-state index in [0.717, 1.165) is 6.42 Å². The van der Waals surface area contributed by atoms with E-state index in [1.54, 1.807) is 23.8 Å². The molecule has 0 bridgehead atoms. The van der Waals surface area contributed by atoms with Gasteiger partial charge in [-0.3, -0.25) is 9.20 Å². The molecular weight excluding hydrogens is 194 g/mol. The first-order valence-electron chi connectivity index (χ1n) is 4.81. The van der Waals surface area contributed by atoms with Crippen LogP contribution in [0.5, 0.6) is 0 Å². The minimum atomic E-state index is -0.188. The quantitative estimate of drug-likeness (QED) is 0.742. The van der Waals surface area contributed by atoms with E-state index in [0.29, 0.717) is 11.5 Å². The number of hydrogen-bond acceptors (Lipinski definition) is 4. The van der Waals surface area contributed by atoms with Crippen LogP contribution in [0.4, 0.5) is 0 Å². The van der Waals surface area contributed by atoms with Crippen molar-refractivity contribution >= 4 is 5.65 Å². The van der Waals surface area contributed by atoms with Crippen LogP contribution >= 0.6 is 0 Å². The molecule has 0 radical (unpaired) electrons. The second-order valence-corrected chi connectivity index (χ2v) is 3.48. The SMILES string of the molecule is CC[C@H](N)c1nnc2c(=O)n(C)ccn12. The van der Waals surface area contributed by atoms with Crippen LogP contribution in [-0.2, 0) is 7.05 Å². The summed E-state index contributed by atoms with van der Waals surface area (Å²) in [4.78, 5) is 11.7. The van der Waals surface area contributed by atoms with E-state index in [1.165, 1.54) is 4.57 Å². The molecule has 2 rings (SSSR count). The van der Waals surface area contributed by atoms with E-state index >= 15 is 0 Å². The van der Waals surface area contributed by atoms with Crippen molar-refractivity contribution in [2.45, 2.75) is 19.4 Å². The van der Waals surface area contributed by atoms with Crippen molar-refractivity contribution in [3.05, 3.63) is 28.6 Å². The Kier molecular flexibility index (Phi) is 2.28. The first kappa shape index (κ1) is 9.85. The third-order valence-corrected chi connectivity index (χ3v) is 2.44. The van der Waals surface area contributed by atoms with Crippen LogP contribution < -0.4 is 11.3 Å². The molecule has 0 unspecified atom stereocenters. The van der Waals surface area contributed by atoms with Gasteiger partial charge in [-0.1, -0.05) is 6.92 Å². The van der Waals surface area contributed by atoms with Gasteiger partial charge in [-0.15, -0.1) is 10.2 Å². The number of fused-ring (bicyclic) bond motifs is 1. The van der Waals surface area contributed by atoms with Gasteiger partial charge in [0, 0.05) is 19.4 Å². The maximum absolute atomic E-state index is 11.7. The van der Waals surface area contributed by atoms with E-state index in [4.69, 9.17) is 5.73 Å². The van der Waals surface area contributed by atoms with Crippen molar-refractivity contribution in [3.63, 3.8) is 0 Å². The highest BCUT2D eigenvalue weighted by Gasteiger charge is 2.13. The molecule has 0 aliphatic rings. The summed E-state index contributed by atoms with van der Waals surface area (Å²) in [6, 6.07) is -0.188. The molecule has 0 saturated carbocycles. The van der Waals surface area contributed by atoms with E-state index in [-0.39, 0.29) is 11.6 Å². The lowest BCUT2D eigenvalue weighted by molar-refractivity contribution is 0.639. The Morgan fingerprint density at radius 2 is 2.20 bits per heavy atom. The molecule has 1 atom stereocenters. The fraction of sp³-hybridized carbons (Fsp3) is 0.444. The summed E-state index contributed by atoms with van der Waals surface area (Å²) in [6.07, 6.45) is 4.18.